The van der Waals surface area contributed by atoms with Gasteiger partial charge in [0.1, 0.15) is 18.4 Å². The van der Waals surface area contributed by atoms with Crippen LogP contribution in [0.2, 0.25) is 5.02 Å². The van der Waals surface area contributed by atoms with E-state index < -0.39 is 18.0 Å². The van der Waals surface area contributed by atoms with Crippen LogP contribution in [0.15, 0.2) is 54.6 Å². The van der Waals surface area contributed by atoms with Crippen LogP contribution in [0.5, 0.6) is 5.75 Å². The fraction of sp³-hybridized carbons (Fsp3) is 0.263. The molecule has 0 saturated carbocycles. The van der Waals surface area contributed by atoms with Gasteiger partial charge in [-0.3, -0.25) is 15.4 Å². The topological polar surface area (TPSA) is 79.5 Å². The van der Waals surface area contributed by atoms with Crippen LogP contribution in [-0.2, 0) is 4.79 Å². The first kappa shape index (κ1) is 19.8. The van der Waals surface area contributed by atoms with Crippen molar-refractivity contribution >= 4 is 23.5 Å². The Hall–Kier alpha value is -2.57. The highest BCUT2D eigenvalue weighted by atomic mass is 35.5. The van der Waals surface area contributed by atoms with E-state index in [2.05, 4.69) is 16.0 Å². The number of carbonyl (C=O) groups is 2. The molecule has 0 heterocycles. The predicted molar refractivity (Wildman–Crippen MR) is 101 cm³/mol. The fourth-order valence-electron chi connectivity index (χ4n) is 2.30. The molecule has 0 spiro atoms. The van der Waals surface area contributed by atoms with Gasteiger partial charge in [-0.2, -0.15) is 0 Å². The summed E-state index contributed by atoms with van der Waals surface area (Å²) in [5.74, 6) is 0.271. The fourth-order valence-corrected chi connectivity index (χ4v) is 2.43. The van der Waals surface area contributed by atoms with Gasteiger partial charge in [-0.15, -0.1) is 0 Å². The van der Waals surface area contributed by atoms with Crippen molar-refractivity contribution < 1.29 is 14.3 Å². The second-order valence-electron chi connectivity index (χ2n) is 5.45. The summed E-state index contributed by atoms with van der Waals surface area (Å²) in [7, 11) is 0. The summed E-state index contributed by atoms with van der Waals surface area (Å²) in [4.78, 5) is 24.1. The number of amides is 3. The van der Waals surface area contributed by atoms with Crippen LogP contribution in [0.4, 0.5) is 4.79 Å². The molecule has 0 radical (unpaired) electrons. The molecule has 2 rings (SSSR count). The van der Waals surface area contributed by atoms with Crippen LogP contribution in [0.3, 0.4) is 0 Å². The number of halogens is 1. The summed E-state index contributed by atoms with van der Waals surface area (Å²) in [6.07, 6.45) is 0. The second kappa shape index (κ2) is 10.4. The van der Waals surface area contributed by atoms with E-state index in [9.17, 15) is 9.59 Å². The molecule has 3 N–H and O–H groups in total. The van der Waals surface area contributed by atoms with E-state index in [1.165, 1.54) is 0 Å². The number of nitrogens with one attached hydrogen (secondary N) is 3. The Labute approximate surface area is 157 Å². The third-order valence-corrected chi connectivity index (χ3v) is 3.75. The lowest BCUT2D eigenvalue weighted by Gasteiger charge is -2.18. The Kier molecular flexibility index (Phi) is 7.92. The van der Waals surface area contributed by atoms with E-state index in [0.717, 1.165) is 5.56 Å². The van der Waals surface area contributed by atoms with Gasteiger partial charge in [-0.1, -0.05) is 41.9 Å². The maximum atomic E-state index is 12.4. The minimum atomic E-state index is -0.660. The zero-order valence-electron chi connectivity index (χ0n) is 14.5. The Morgan fingerprint density at radius 1 is 1.08 bits per heavy atom. The van der Waals surface area contributed by atoms with Gasteiger partial charge in [0.2, 0.25) is 5.91 Å². The van der Waals surface area contributed by atoms with Gasteiger partial charge in [0.15, 0.2) is 0 Å². The summed E-state index contributed by atoms with van der Waals surface area (Å²) in [6, 6.07) is 15.1. The number of urea groups is 1. The zero-order valence-corrected chi connectivity index (χ0v) is 15.3. The average molecular weight is 376 g/mol. The van der Waals surface area contributed by atoms with Gasteiger partial charge in [-0.05, 0) is 36.8 Å². The third-order valence-electron chi connectivity index (χ3n) is 3.50. The van der Waals surface area contributed by atoms with E-state index in [1.807, 2.05) is 30.3 Å². The molecule has 7 heteroatoms. The normalized spacial score (nSPS) is 11.5. The van der Waals surface area contributed by atoms with Crippen molar-refractivity contribution in [3.05, 3.63) is 65.2 Å². The van der Waals surface area contributed by atoms with Gasteiger partial charge in [0.25, 0.3) is 0 Å². The van der Waals surface area contributed by atoms with Crippen molar-refractivity contribution in [2.24, 2.45) is 0 Å². The number of carbonyl (C=O) groups excluding carboxylic acids is 2. The highest BCUT2D eigenvalue weighted by molar-refractivity contribution is 6.30. The van der Waals surface area contributed by atoms with Gasteiger partial charge in [0.05, 0.1) is 0 Å². The molecule has 0 fully saturated rings. The maximum absolute atomic E-state index is 12.4. The Morgan fingerprint density at radius 2 is 1.77 bits per heavy atom. The van der Waals surface area contributed by atoms with Crippen LogP contribution >= 0.6 is 11.6 Å². The molecule has 0 aliphatic carbocycles. The molecule has 0 bridgehead atoms. The highest BCUT2D eigenvalue weighted by Gasteiger charge is 2.21. The third kappa shape index (κ3) is 6.38. The van der Waals surface area contributed by atoms with Gasteiger partial charge in [-0.25, -0.2) is 4.79 Å². The molecular weight excluding hydrogens is 354 g/mol. The zero-order chi connectivity index (χ0) is 18.8. The minimum Gasteiger partial charge on any atom is -0.492 e. The van der Waals surface area contributed by atoms with Crippen LogP contribution in [0, 0.1) is 0 Å². The molecule has 26 heavy (non-hydrogen) atoms. The summed E-state index contributed by atoms with van der Waals surface area (Å²) >= 11 is 5.84. The highest BCUT2D eigenvalue weighted by Crippen LogP contribution is 2.16. The maximum Gasteiger partial charge on any atom is 0.321 e. The molecule has 0 aliphatic heterocycles. The van der Waals surface area contributed by atoms with Gasteiger partial charge >= 0.3 is 6.03 Å². The molecule has 6 nitrogen and oxygen atoms in total. The molecule has 1 atom stereocenters. The lowest BCUT2D eigenvalue weighted by molar-refractivity contribution is -0.122. The van der Waals surface area contributed by atoms with Crippen LogP contribution in [-0.4, -0.2) is 31.6 Å². The van der Waals surface area contributed by atoms with Crippen molar-refractivity contribution in [2.75, 3.05) is 19.7 Å². The van der Waals surface area contributed by atoms with E-state index >= 15 is 0 Å². The lowest BCUT2D eigenvalue weighted by atomic mass is 10.1. The smallest absolute Gasteiger partial charge is 0.321 e. The molecule has 0 aromatic heterocycles. The summed E-state index contributed by atoms with van der Waals surface area (Å²) < 4.78 is 5.61. The number of ether oxygens (including phenoxy) is 1. The molecule has 0 aliphatic rings. The van der Waals surface area contributed by atoms with Crippen molar-refractivity contribution in [3.63, 3.8) is 0 Å². The molecule has 0 unspecified atom stereocenters. The molecule has 2 aromatic rings. The Balaban J connectivity index is 1.92. The summed E-state index contributed by atoms with van der Waals surface area (Å²) in [6.45, 7) is 3.01. The first-order valence-corrected chi connectivity index (χ1v) is 8.73. The largest absolute Gasteiger partial charge is 0.492 e. The van der Waals surface area contributed by atoms with Crippen molar-refractivity contribution in [1.82, 2.24) is 16.0 Å². The van der Waals surface area contributed by atoms with E-state index in [1.54, 1.807) is 31.2 Å². The standard InChI is InChI=1S/C19H22ClN3O3/c1-2-21-19(25)23-18(24)17(14-6-4-3-5-7-14)22-12-13-26-16-10-8-15(20)9-11-16/h3-11,17,22H,2,12-13H2,1H3,(H2,21,23,24,25)/t17-/m0/s1. The van der Waals surface area contributed by atoms with Crippen molar-refractivity contribution in [3.8, 4) is 5.75 Å². The van der Waals surface area contributed by atoms with E-state index in [-0.39, 0.29) is 0 Å². The van der Waals surface area contributed by atoms with Gasteiger partial charge < -0.3 is 10.1 Å². The summed E-state index contributed by atoms with van der Waals surface area (Å²) in [5.41, 5.74) is 0.765. The van der Waals surface area contributed by atoms with Gasteiger partial charge in [0, 0.05) is 18.1 Å². The molecule has 3 amide bonds. The minimum absolute atomic E-state index is 0.361. The van der Waals surface area contributed by atoms with Crippen LogP contribution < -0.4 is 20.7 Å². The van der Waals surface area contributed by atoms with Crippen molar-refractivity contribution in [1.29, 1.82) is 0 Å². The number of hydrogen-bond acceptors (Lipinski definition) is 4. The molecule has 138 valence electrons. The van der Waals surface area contributed by atoms with Crippen LogP contribution in [0.25, 0.3) is 0 Å². The first-order chi connectivity index (χ1) is 12.6. The average Bonchev–Trinajstić information content (AvgIpc) is 2.64. The number of rotatable bonds is 8. The van der Waals surface area contributed by atoms with E-state index in [4.69, 9.17) is 16.3 Å². The first-order valence-electron chi connectivity index (χ1n) is 8.35. The summed E-state index contributed by atoms with van der Waals surface area (Å²) in [5, 5.41) is 8.64. The second-order valence-corrected chi connectivity index (χ2v) is 5.89. The Bertz CT molecular complexity index is 708. The SMILES string of the molecule is CCNC(=O)NC(=O)[C@@H](NCCOc1ccc(Cl)cc1)c1ccccc1. The molecular formula is C19H22ClN3O3. The lowest BCUT2D eigenvalue weighted by Crippen LogP contribution is -2.45. The van der Waals surface area contributed by atoms with E-state index in [0.29, 0.717) is 30.5 Å². The molecule has 0 saturated heterocycles. The monoisotopic (exact) mass is 375 g/mol. The predicted octanol–water partition coefficient (Wildman–Crippen LogP) is 2.90. The number of imide groups is 1. The molecule has 2 aromatic carbocycles. The quantitative estimate of drug-likeness (QED) is 0.620. The Morgan fingerprint density at radius 3 is 2.42 bits per heavy atom. The number of benzene rings is 2. The number of hydrogen-bond donors (Lipinski definition) is 3. The van der Waals surface area contributed by atoms with Crippen LogP contribution in [0.1, 0.15) is 18.5 Å². The van der Waals surface area contributed by atoms with Crippen molar-refractivity contribution in [2.45, 2.75) is 13.0 Å².